The highest BCUT2D eigenvalue weighted by atomic mass is 32.2. The Morgan fingerprint density at radius 1 is 0.966 bits per heavy atom. The molecule has 29 heavy (non-hydrogen) atoms. The third kappa shape index (κ3) is 5.71. The van der Waals surface area contributed by atoms with Crippen molar-refractivity contribution >= 4 is 11.8 Å². The Hall–Kier alpha value is -2.11. The molecule has 3 rings (SSSR count). The van der Waals surface area contributed by atoms with Gasteiger partial charge in [0.2, 0.25) is 0 Å². The smallest absolute Gasteiger partial charge is 0.191 e. The minimum absolute atomic E-state index is 0.139. The molecule has 0 saturated heterocycles. The Balaban J connectivity index is 1.83. The Kier molecular flexibility index (Phi) is 7.14. The normalized spacial score (nSPS) is 11.8. The summed E-state index contributed by atoms with van der Waals surface area (Å²) in [5.74, 6) is 1.80. The first kappa shape index (κ1) is 21.6. The maximum atomic E-state index is 5.26. The maximum Gasteiger partial charge on any atom is 0.191 e. The molecule has 0 radical (unpaired) electrons. The van der Waals surface area contributed by atoms with Crippen molar-refractivity contribution in [3.05, 3.63) is 65.2 Å². The molecule has 0 atom stereocenters. The van der Waals surface area contributed by atoms with Crippen molar-refractivity contribution in [1.29, 1.82) is 0 Å². The maximum absolute atomic E-state index is 5.26. The van der Waals surface area contributed by atoms with E-state index in [9.17, 15) is 0 Å². The van der Waals surface area contributed by atoms with Gasteiger partial charge in [-0.25, -0.2) is 0 Å². The first-order chi connectivity index (χ1) is 13.9. The van der Waals surface area contributed by atoms with E-state index in [0.717, 1.165) is 41.9 Å². The van der Waals surface area contributed by atoms with E-state index in [2.05, 4.69) is 91.0 Å². The molecule has 0 aliphatic rings. The van der Waals surface area contributed by atoms with Gasteiger partial charge in [0.25, 0.3) is 0 Å². The summed E-state index contributed by atoms with van der Waals surface area (Å²) >= 11 is 1.74. The van der Waals surface area contributed by atoms with Crippen molar-refractivity contribution in [3.63, 3.8) is 0 Å². The lowest BCUT2D eigenvalue weighted by molar-refractivity contribution is 0.189. The number of methoxy groups -OCH3 is 1. The van der Waals surface area contributed by atoms with Crippen LogP contribution in [-0.2, 0) is 22.4 Å². The number of ether oxygens (including phenoxy) is 1. The minimum atomic E-state index is 0.139. The van der Waals surface area contributed by atoms with E-state index >= 15 is 0 Å². The number of aromatic nitrogens is 3. The molecule has 0 amide bonds. The molecule has 154 valence electrons. The number of rotatable bonds is 8. The molecule has 0 bridgehead atoms. The van der Waals surface area contributed by atoms with Gasteiger partial charge in [0, 0.05) is 31.6 Å². The number of nitrogens with zero attached hydrogens (tertiary/aromatic N) is 3. The van der Waals surface area contributed by atoms with Gasteiger partial charge in [-0.2, -0.15) is 0 Å². The van der Waals surface area contributed by atoms with Crippen LogP contribution in [0, 0.1) is 6.92 Å². The molecule has 0 N–H and O–H groups in total. The van der Waals surface area contributed by atoms with E-state index in [-0.39, 0.29) is 5.41 Å². The van der Waals surface area contributed by atoms with Crippen LogP contribution in [0.25, 0.3) is 11.4 Å². The van der Waals surface area contributed by atoms with Gasteiger partial charge >= 0.3 is 0 Å². The zero-order valence-electron chi connectivity index (χ0n) is 18.1. The largest absolute Gasteiger partial charge is 0.385 e. The summed E-state index contributed by atoms with van der Waals surface area (Å²) < 4.78 is 7.48. The van der Waals surface area contributed by atoms with E-state index in [4.69, 9.17) is 4.74 Å². The van der Waals surface area contributed by atoms with Gasteiger partial charge in [0.1, 0.15) is 0 Å². The van der Waals surface area contributed by atoms with E-state index in [0.29, 0.717) is 0 Å². The van der Waals surface area contributed by atoms with Crippen LogP contribution in [0.4, 0.5) is 0 Å². The van der Waals surface area contributed by atoms with E-state index in [1.165, 1.54) is 16.7 Å². The van der Waals surface area contributed by atoms with Crippen LogP contribution < -0.4 is 0 Å². The predicted octanol–water partition coefficient (Wildman–Crippen LogP) is 5.88. The van der Waals surface area contributed by atoms with Gasteiger partial charge in [-0.05, 0) is 29.9 Å². The summed E-state index contributed by atoms with van der Waals surface area (Å²) in [5, 5.41) is 10.0. The lowest BCUT2D eigenvalue weighted by Gasteiger charge is -2.19. The number of aryl methyl sites for hydroxylation is 1. The second kappa shape index (κ2) is 9.59. The molecule has 1 aromatic heterocycles. The SMILES string of the molecule is COCCCn1c(SCc2ccc(C)cc2)nnc1-c1ccc(C(C)(C)C)cc1. The van der Waals surface area contributed by atoms with E-state index < -0.39 is 0 Å². The van der Waals surface area contributed by atoms with Gasteiger partial charge in [-0.1, -0.05) is 86.6 Å². The molecule has 0 spiro atoms. The zero-order chi connectivity index (χ0) is 20.9. The highest BCUT2D eigenvalue weighted by Crippen LogP contribution is 2.29. The summed E-state index contributed by atoms with van der Waals surface area (Å²) in [6.45, 7) is 10.4. The van der Waals surface area contributed by atoms with Crippen LogP contribution in [0.1, 0.15) is 43.9 Å². The molecule has 1 heterocycles. The number of benzene rings is 2. The fourth-order valence-corrected chi connectivity index (χ4v) is 4.05. The predicted molar refractivity (Wildman–Crippen MR) is 121 cm³/mol. The number of hydrogen-bond donors (Lipinski definition) is 0. The van der Waals surface area contributed by atoms with Crippen LogP contribution in [0.5, 0.6) is 0 Å². The third-order valence-corrected chi connectivity index (χ3v) is 5.98. The highest BCUT2D eigenvalue weighted by molar-refractivity contribution is 7.98. The molecule has 0 saturated carbocycles. The number of thioether (sulfide) groups is 1. The summed E-state index contributed by atoms with van der Waals surface area (Å²) in [7, 11) is 1.74. The molecule has 5 heteroatoms. The molecule has 4 nitrogen and oxygen atoms in total. The summed E-state index contributed by atoms with van der Waals surface area (Å²) in [6, 6.07) is 17.4. The molecule has 0 unspecified atom stereocenters. The van der Waals surface area contributed by atoms with Crippen molar-refractivity contribution in [2.75, 3.05) is 13.7 Å². The Bertz CT molecular complexity index is 909. The van der Waals surface area contributed by atoms with Crippen LogP contribution in [-0.4, -0.2) is 28.5 Å². The first-order valence-electron chi connectivity index (χ1n) is 10.1. The Morgan fingerprint density at radius 2 is 1.66 bits per heavy atom. The van der Waals surface area contributed by atoms with Gasteiger partial charge in [-0.15, -0.1) is 10.2 Å². The summed E-state index contributed by atoms with van der Waals surface area (Å²) in [6.07, 6.45) is 0.930. The van der Waals surface area contributed by atoms with Gasteiger partial charge in [-0.3, -0.25) is 0 Å². The lowest BCUT2D eigenvalue weighted by Crippen LogP contribution is -2.10. The molecule has 0 fully saturated rings. The van der Waals surface area contributed by atoms with Gasteiger partial charge in [0.05, 0.1) is 0 Å². The summed E-state index contributed by atoms with van der Waals surface area (Å²) in [4.78, 5) is 0. The lowest BCUT2D eigenvalue weighted by atomic mass is 9.87. The highest BCUT2D eigenvalue weighted by Gasteiger charge is 2.17. The third-order valence-electron chi connectivity index (χ3n) is 4.94. The standard InChI is InChI=1S/C24H31N3OS/c1-18-7-9-19(10-8-18)17-29-23-26-25-22(27(23)15-6-16-28-5)20-11-13-21(14-12-20)24(2,3)4/h7-14H,6,15-17H2,1-5H3. The average molecular weight is 410 g/mol. The fraction of sp³-hybridized carbons (Fsp3) is 0.417. The Labute approximate surface area is 178 Å². The van der Waals surface area contributed by atoms with Crippen molar-refractivity contribution in [2.45, 2.75) is 57.0 Å². The topological polar surface area (TPSA) is 39.9 Å². The van der Waals surface area contributed by atoms with Crippen molar-refractivity contribution in [2.24, 2.45) is 0 Å². The van der Waals surface area contributed by atoms with Crippen LogP contribution in [0.15, 0.2) is 53.7 Å². The molecule has 0 aliphatic carbocycles. The molecule has 0 aliphatic heterocycles. The van der Waals surface area contributed by atoms with E-state index in [1.54, 1.807) is 18.9 Å². The van der Waals surface area contributed by atoms with Crippen molar-refractivity contribution in [1.82, 2.24) is 14.8 Å². The summed E-state index contributed by atoms with van der Waals surface area (Å²) in [5.41, 5.74) is 5.14. The van der Waals surface area contributed by atoms with Crippen LogP contribution >= 0.6 is 11.8 Å². The molecular formula is C24H31N3OS. The quantitative estimate of drug-likeness (QED) is 0.344. The van der Waals surface area contributed by atoms with Crippen LogP contribution in [0.3, 0.4) is 0 Å². The minimum Gasteiger partial charge on any atom is -0.385 e. The first-order valence-corrected chi connectivity index (χ1v) is 11.1. The van der Waals surface area contributed by atoms with Crippen molar-refractivity contribution in [3.8, 4) is 11.4 Å². The monoisotopic (exact) mass is 409 g/mol. The van der Waals surface area contributed by atoms with Gasteiger partial charge < -0.3 is 9.30 Å². The molecule has 3 aromatic rings. The zero-order valence-corrected chi connectivity index (χ0v) is 18.9. The second-order valence-electron chi connectivity index (χ2n) is 8.41. The van der Waals surface area contributed by atoms with Crippen LogP contribution in [0.2, 0.25) is 0 Å². The second-order valence-corrected chi connectivity index (χ2v) is 9.35. The Morgan fingerprint density at radius 3 is 2.28 bits per heavy atom. The van der Waals surface area contributed by atoms with Crippen molar-refractivity contribution < 1.29 is 4.74 Å². The van der Waals surface area contributed by atoms with Gasteiger partial charge in [0.15, 0.2) is 11.0 Å². The molecule has 2 aromatic carbocycles. The average Bonchev–Trinajstić information content (AvgIpc) is 3.10. The van der Waals surface area contributed by atoms with E-state index in [1.807, 2.05) is 0 Å². The molecular weight excluding hydrogens is 378 g/mol. The number of hydrogen-bond acceptors (Lipinski definition) is 4. The fourth-order valence-electron chi connectivity index (χ4n) is 3.13.